The number of carbonyl (C=O) groups excluding carboxylic acids is 2. The zero-order valence-electron chi connectivity index (χ0n) is 13.9. The molecule has 0 unspecified atom stereocenters. The van der Waals surface area contributed by atoms with E-state index in [4.69, 9.17) is 9.15 Å². The number of fused-ring (bicyclic) bond motifs is 1. The Kier molecular flexibility index (Phi) is 4.04. The number of aromatic amines is 1. The molecule has 128 valence electrons. The van der Waals surface area contributed by atoms with Crippen molar-refractivity contribution in [2.75, 3.05) is 11.9 Å². The van der Waals surface area contributed by atoms with Gasteiger partial charge in [-0.25, -0.2) is 4.79 Å². The monoisotopic (exact) mass is 332 g/mol. The van der Waals surface area contributed by atoms with E-state index in [2.05, 4.69) is 15.5 Å². The summed E-state index contributed by atoms with van der Waals surface area (Å²) < 4.78 is 10.5. The van der Waals surface area contributed by atoms with Crippen molar-refractivity contribution in [1.82, 2.24) is 15.1 Å². The van der Waals surface area contributed by atoms with Crippen LogP contribution < -0.4 is 5.32 Å². The first-order chi connectivity index (χ1) is 11.3. The number of amides is 2. The van der Waals surface area contributed by atoms with Gasteiger partial charge in [-0.3, -0.25) is 9.89 Å². The zero-order valence-corrected chi connectivity index (χ0v) is 13.9. The summed E-state index contributed by atoms with van der Waals surface area (Å²) in [6.07, 6.45) is 1.68. The Labute approximate surface area is 139 Å². The average molecular weight is 332 g/mol. The van der Waals surface area contributed by atoms with Crippen molar-refractivity contribution in [1.29, 1.82) is 0 Å². The number of nitrogens with one attached hydrogen (secondary N) is 2. The van der Waals surface area contributed by atoms with E-state index in [1.54, 1.807) is 17.0 Å². The third-order valence-corrected chi connectivity index (χ3v) is 3.56. The minimum absolute atomic E-state index is 0.201. The molecule has 0 saturated heterocycles. The van der Waals surface area contributed by atoms with Gasteiger partial charge in [-0.2, -0.15) is 5.10 Å². The normalized spacial score (nSPS) is 14.2. The lowest BCUT2D eigenvalue weighted by Crippen LogP contribution is -2.40. The fourth-order valence-electron chi connectivity index (χ4n) is 2.46. The number of anilines is 1. The van der Waals surface area contributed by atoms with E-state index < -0.39 is 5.60 Å². The molecule has 2 aromatic heterocycles. The molecule has 0 spiro atoms. The molecule has 8 nitrogen and oxygen atoms in total. The number of hydrogen-bond donors (Lipinski definition) is 2. The van der Waals surface area contributed by atoms with E-state index >= 15 is 0 Å². The minimum Gasteiger partial charge on any atom is -0.459 e. The van der Waals surface area contributed by atoms with Gasteiger partial charge in [0.05, 0.1) is 12.8 Å². The maximum Gasteiger partial charge on any atom is 0.410 e. The van der Waals surface area contributed by atoms with Crippen LogP contribution in [0.15, 0.2) is 22.8 Å². The van der Waals surface area contributed by atoms with Gasteiger partial charge in [-0.05, 0) is 32.9 Å². The summed E-state index contributed by atoms with van der Waals surface area (Å²) in [5.41, 5.74) is 1.14. The molecule has 0 bridgehead atoms. The standard InChI is InChI=1S/C16H20N4O4/c1-16(2,3)24-15(22)20-7-6-11-10(9-20)13(19-18-11)17-14(21)12-5-4-8-23-12/h4-5,8H,6-7,9H2,1-3H3,(H2,17,18,19,21). The Morgan fingerprint density at radius 3 is 2.88 bits per heavy atom. The maximum absolute atomic E-state index is 12.2. The lowest BCUT2D eigenvalue weighted by molar-refractivity contribution is 0.0224. The van der Waals surface area contributed by atoms with Crippen LogP contribution >= 0.6 is 0 Å². The molecule has 0 aromatic carbocycles. The van der Waals surface area contributed by atoms with Crippen LogP contribution in [-0.2, 0) is 17.7 Å². The van der Waals surface area contributed by atoms with E-state index in [9.17, 15) is 9.59 Å². The Hall–Kier alpha value is -2.77. The predicted molar refractivity (Wildman–Crippen MR) is 85.6 cm³/mol. The van der Waals surface area contributed by atoms with E-state index in [0.717, 1.165) is 11.3 Å². The summed E-state index contributed by atoms with van der Waals surface area (Å²) >= 11 is 0. The van der Waals surface area contributed by atoms with Gasteiger partial charge >= 0.3 is 6.09 Å². The van der Waals surface area contributed by atoms with Crippen molar-refractivity contribution in [3.8, 4) is 0 Å². The molecule has 2 N–H and O–H groups in total. The summed E-state index contributed by atoms with van der Waals surface area (Å²) in [6, 6.07) is 3.21. The number of nitrogens with zero attached hydrogens (tertiary/aromatic N) is 2. The molecule has 1 aliphatic rings. The van der Waals surface area contributed by atoms with Crippen molar-refractivity contribution in [3.63, 3.8) is 0 Å². The zero-order chi connectivity index (χ0) is 17.3. The quantitative estimate of drug-likeness (QED) is 0.880. The van der Waals surface area contributed by atoms with Crippen LogP contribution in [0.1, 0.15) is 42.6 Å². The van der Waals surface area contributed by atoms with Gasteiger partial charge in [-0.1, -0.05) is 0 Å². The maximum atomic E-state index is 12.2. The molecule has 0 atom stereocenters. The highest BCUT2D eigenvalue weighted by Gasteiger charge is 2.29. The Bertz CT molecular complexity index is 743. The van der Waals surface area contributed by atoms with Gasteiger partial charge in [0.25, 0.3) is 5.91 Å². The Balaban J connectivity index is 1.73. The number of carbonyl (C=O) groups is 2. The van der Waals surface area contributed by atoms with Crippen molar-refractivity contribution in [2.45, 2.75) is 39.3 Å². The molecule has 3 heterocycles. The number of ether oxygens (including phenoxy) is 1. The van der Waals surface area contributed by atoms with Crippen LogP contribution in [0.5, 0.6) is 0 Å². The van der Waals surface area contributed by atoms with Crippen LogP contribution in [0.2, 0.25) is 0 Å². The van der Waals surface area contributed by atoms with E-state index in [0.29, 0.717) is 25.3 Å². The predicted octanol–water partition coefficient (Wildman–Crippen LogP) is 2.55. The number of H-pyrrole nitrogens is 1. The highest BCUT2D eigenvalue weighted by atomic mass is 16.6. The average Bonchev–Trinajstić information content (AvgIpc) is 3.15. The molecule has 1 aliphatic heterocycles. The van der Waals surface area contributed by atoms with Crippen molar-refractivity contribution < 1.29 is 18.7 Å². The van der Waals surface area contributed by atoms with E-state index in [1.807, 2.05) is 20.8 Å². The highest BCUT2D eigenvalue weighted by Crippen LogP contribution is 2.25. The number of rotatable bonds is 2. The summed E-state index contributed by atoms with van der Waals surface area (Å²) in [5.74, 6) is 0.218. The molecule has 3 rings (SSSR count). The van der Waals surface area contributed by atoms with Crippen LogP contribution in [0.4, 0.5) is 10.6 Å². The van der Waals surface area contributed by atoms with Crippen LogP contribution in [0, 0.1) is 0 Å². The minimum atomic E-state index is -0.551. The SMILES string of the molecule is CC(C)(C)OC(=O)N1CCc2[nH]nc(NC(=O)c3ccco3)c2C1. The smallest absolute Gasteiger partial charge is 0.410 e. The van der Waals surface area contributed by atoms with E-state index in [1.165, 1.54) is 6.26 Å². The molecule has 0 aliphatic carbocycles. The largest absolute Gasteiger partial charge is 0.459 e. The highest BCUT2D eigenvalue weighted by molar-refractivity contribution is 6.02. The van der Waals surface area contributed by atoms with Crippen LogP contribution in [0.3, 0.4) is 0 Å². The molecule has 0 saturated carbocycles. The second-order valence-electron chi connectivity index (χ2n) is 6.61. The molecular formula is C16H20N4O4. The second-order valence-corrected chi connectivity index (χ2v) is 6.61. The molecular weight excluding hydrogens is 312 g/mol. The summed E-state index contributed by atoms with van der Waals surface area (Å²) in [4.78, 5) is 25.9. The van der Waals surface area contributed by atoms with Gasteiger partial charge in [-0.15, -0.1) is 0 Å². The Morgan fingerprint density at radius 2 is 2.21 bits per heavy atom. The van der Waals surface area contributed by atoms with Gasteiger partial charge in [0, 0.05) is 24.2 Å². The van der Waals surface area contributed by atoms with Gasteiger partial charge in [0.15, 0.2) is 11.6 Å². The molecule has 0 fully saturated rings. The molecule has 8 heteroatoms. The Morgan fingerprint density at radius 1 is 1.42 bits per heavy atom. The first-order valence-electron chi connectivity index (χ1n) is 7.72. The van der Waals surface area contributed by atoms with Gasteiger partial charge in [0.2, 0.25) is 0 Å². The summed E-state index contributed by atoms with van der Waals surface area (Å²) in [5, 5.41) is 9.76. The van der Waals surface area contributed by atoms with Crippen LogP contribution in [0.25, 0.3) is 0 Å². The molecule has 24 heavy (non-hydrogen) atoms. The third-order valence-electron chi connectivity index (χ3n) is 3.56. The van der Waals surface area contributed by atoms with Crippen molar-refractivity contribution >= 4 is 17.8 Å². The number of aromatic nitrogens is 2. The lowest BCUT2D eigenvalue weighted by atomic mass is 10.1. The summed E-state index contributed by atoms with van der Waals surface area (Å²) in [7, 11) is 0. The summed E-state index contributed by atoms with van der Waals surface area (Å²) in [6.45, 7) is 6.34. The number of hydrogen-bond acceptors (Lipinski definition) is 5. The second kappa shape index (κ2) is 6.03. The fraction of sp³-hybridized carbons (Fsp3) is 0.438. The lowest BCUT2D eigenvalue weighted by Gasteiger charge is -2.30. The van der Waals surface area contributed by atoms with Crippen molar-refractivity contribution in [3.05, 3.63) is 35.4 Å². The van der Waals surface area contributed by atoms with Crippen molar-refractivity contribution in [2.24, 2.45) is 0 Å². The molecule has 2 amide bonds. The van der Waals surface area contributed by atoms with Gasteiger partial charge < -0.3 is 19.4 Å². The first-order valence-corrected chi connectivity index (χ1v) is 7.72. The van der Waals surface area contributed by atoms with Gasteiger partial charge in [0.1, 0.15) is 5.60 Å². The van der Waals surface area contributed by atoms with E-state index in [-0.39, 0.29) is 17.8 Å². The third kappa shape index (κ3) is 3.42. The number of furan rings is 1. The van der Waals surface area contributed by atoms with Crippen LogP contribution in [-0.4, -0.2) is 39.2 Å². The molecule has 2 aromatic rings. The fourth-order valence-corrected chi connectivity index (χ4v) is 2.46. The molecule has 0 radical (unpaired) electrons. The topological polar surface area (TPSA) is 100 Å². The first kappa shape index (κ1) is 16.1.